The molecule has 0 aliphatic carbocycles. The fourth-order valence-corrected chi connectivity index (χ4v) is 1.73. The van der Waals surface area contributed by atoms with Crippen LogP contribution in [0.1, 0.15) is 0 Å². The van der Waals surface area contributed by atoms with Crippen LogP contribution in [0.3, 0.4) is 0 Å². The van der Waals surface area contributed by atoms with E-state index in [0.29, 0.717) is 0 Å². The van der Waals surface area contributed by atoms with Gasteiger partial charge in [-0.3, -0.25) is 4.79 Å². The van der Waals surface area contributed by atoms with Crippen molar-refractivity contribution in [3.05, 3.63) is 27.9 Å². The minimum Gasteiger partial charge on any atom is -0.394 e. The average Bonchev–Trinajstić information content (AvgIpc) is 2.36. The molecule has 0 amide bonds. The predicted molar refractivity (Wildman–Crippen MR) is 46.9 cm³/mol. The first-order valence-corrected chi connectivity index (χ1v) is 4.01. The predicted octanol–water partition coefficient (Wildman–Crippen LogP) is 1.17. The second-order valence-electron chi connectivity index (χ2n) is 2.25. The molecule has 2 heterocycles. The molecule has 0 saturated carbocycles. The van der Waals surface area contributed by atoms with Crippen molar-refractivity contribution >= 4 is 27.2 Å². The summed E-state index contributed by atoms with van der Waals surface area (Å²) >= 11 is 1.56. The maximum Gasteiger partial charge on any atom is 0.271 e. The zero-order chi connectivity index (χ0) is 7.84. The van der Waals surface area contributed by atoms with E-state index in [2.05, 4.69) is 4.98 Å². The van der Waals surface area contributed by atoms with Crippen molar-refractivity contribution in [2.24, 2.45) is 0 Å². The number of aromatic amines is 1. The van der Waals surface area contributed by atoms with E-state index >= 15 is 0 Å². The molecule has 0 aliphatic rings. The lowest BCUT2D eigenvalue weighted by atomic mass is 10.4. The number of nitrogens with two attached hydrogens (primary N) is 1. The fourth-order valence-electron chi connectivity index (χ4n) is 0.937. The highest BCUT2D eigenvalue weighted by atomic mass is 32.1. The van der Waals surface area contributed by atoms with Crippen LogP contribution < -0.4 is 11.3 Å². The molecule has 0 spiro atoms. The normalized spacial score (nSPS) is 10.5. The van der Waals surface area contributed by atoms with E-state index in [-0.39, 0.29) is 11.2 Å². The summed E-state index contributed by atoms with van der Waals surface area (Å²) in [4.78, 5) is 13.6. The Morgan fingerprint density at radius 1 is 1.55 bits per heavy atom. The molecular formula is C7H6N2OS. The molecule has 4 heteroatoms. The van der Waals surface area contributed by atoms with E-state index in [1.165, 1.54) is 0 Å². The molecule has 0 atom stereocenters. The minimum atomic E-state index is -0.212. The summed E-state index contributed by atoms with van der Waals surface area (Å²) in [6.07, 6.45) is 0. The molecule has 2 aromatic heterocycles. The molecule has 0 fully saturated rings. The summed E-state index contributed by atoms with van der Waals surface area (Å²) in [7, 11) is 0. The van der Waals surface area contributed by atoms with Gasteiger partial charge in [-0.25, -0.2) is 0 Å². The molecule has 3 N–H and O–H groups in total. The standard InChI is InChI=1S/C7H6N2OS/c8-4-3-6-5(1-2-11-6)9-7(4)10/h1-3H,8H2,(H,9,10). The number of pyridine rings is 1. The van der Waals surface area contributed by atoms with E-state index < -0.39 is 0 Å². The van der Waals surface area contributed by atoms with Crippen LogP contribution in [0.2, 0.25) is 0 Å². The first kappa shape index (κ1) is 6.42. The van der Waals surface area contributed by atoms with Gasteiger partial charge in [0.2, 0.25) is 0 Å². The SMILES string of the molecule is Nc1cc2sccc2[nH]c1=O. The Bertz CT molecular complexity index is 443. The summed E-state index contributed by atoms with van der Waals surface area (Å²) in [5.41, 5.74) is 6.33. The fraction of sp³-hybridized carbons (Fsp3) is 0. The van der Waals surface area contributed by atoms with Crippen molar-refractivity contribution in [1.82, 2.24) is 4.98 Å². The third kappa shape index (κ3) is 0.914. The molecule has 56 valence electrons. The summed E-state index contributed by atoms with van der Waals surface area (Å²) in [6.45, 7) is 0. The van der Waals surface area contributed by atoms with Crippen LogP contribution in [0.25, 0.3) is 10.2 Å². The Hall–Kier alpha value is -1.29. The average molecular weight is 166 g/mol. The third-order valence-corrected chi connectivity index (χ3v) is 2.36. The molecule has 0 aromatic carbocycles. The molecule has 0 bridgehead atoms. The summed E-state index contributed by atoms with van der Waals surface area (Å²) in [5, 5.41) is 1.92. The van der Waals surface area contributed by atoms with Crippen molar-refractivity contribution in [2.75, 3.05) is 5.73 Å². The van der Waals surface area contributed by atoms with Gasteiger partial charge in [0.1, 0.15) is 0 Å². The van der Waals surface area contributed by atoms with Crippen LogP contribution in [0.4, 0.5) is 5.69 Å². The Balaban J connectivity index is 2.97. The van der Waals surface area contributed by atoms with Crippen molar-refractivity contribution in [3.8, 4) is 0 Å². The van der Waals surface area contributed by atoms with Crippen molar-refractivity contribution in [3.63, 3.8) is 0 Å². The van der Waals surface area contributed by atoms with Crippen LogP contribution in [0, 0.1) is 0 Å². The number of anilines is 1. The van der Waals surface area contributed by atoms with Gasteiger partial charge in [-0.1, -0.05) is 0 Å². The van der Waals surface area contributed by atoms with Gasteiger partial charge < -0.3 is 10.7 Å². The van der Waals surface area contributed by atoms with Crippen molar-refractivity contribution < 1.29 is 0 Å². The molecule has 0 unspecified atom stereocenters. The number of nitrogen functional groups attached to an aromatic ring is 1. The van der Waals surface area contributed by atoms with Gasteiger partial charge in [-0.2, -0.15) is 0 Å². The number of rotatable bonds is 0. The zero-order valence-electron chi connectivity index (χ0n) is 5.63. The molecule has 3 nitrogen and oxygen atoms in total. The van der Waals surface area contributed by atoms with Gasteiger partial charge in [0.05, 0.1) is 15.9 Å². The number of hydrogen-bond acceptors (Lipinski definition) is 3. The van der Waals surface area contributed by atoms with Crippen LogP contribution >= 0.6 is 11.3 Å². The van der Waals surface area contributed by atoms with Gasteiger partial charge in [0, 0.05) is 0 Å². The van der Waals surface area contributed by atoms with E-state index in [4.69, 9.17) is 5.73 Å². The van der Waals surface area contributed by atoms with Gasteiger partial charge in [-0.15, -0.1) is 11.3 Å². The highest BCUT2D eigenvalue weighted by Gasteiger charge is 1.98. The zero-order valence-corrected chi connectivity index (χ0v) is 6.44. The van der Waals surface area contributed by atoms with Gasteiger partial charge in [-0.05, 0) is 17.5 Å². The highest BCUT2D eigenvalue weighted by Crippen LogP contribution is 2.17. The van der Waals surface area contributed by atoms with E-state index in [9.17, 15) is 4.79 Å². The second-order valence-corrected chi connectivity index (χ2v) is 3.20. The summed E-state index contributed by atoms with van der Waals surface area (Å²) in [5.74, 6) is 0. The van der Waals surface area contributed by atoms with Gasteiger partial charge in [0.25, 0.3) is 5.56 Å². The van der Waals surface area contributed by atoms with Crippen LogP contribution in [0.5, 0.6) is 0 Å². The molecular weight excluding hydrogens is 160 g/mol. The molecule has 0 saturated heterocycles. The van der Waals surface area contributed by atoms with E-state index in [1.54, 1.807) is 17.4 Å². The largest absolute Gasteiger partial charge is 0.394 e. The number of H-pyrrole nitrogens is 1. The van der Waals surface area contributed by atoms with Gasteiger partial charge >= 0.3 is 0 Å². The molecule has 11 heavy (non-hydrogen) atoms. The Kier molecular flexibility index (Phi) is 1.22. The molecule has 2 aromatic rings. The first-order valence-electron chi connectivity index (χ1n) is 3.13. The van der Waals surface area contributed by atoms with Crippen molar-refractivity contribution in [1.29, 1.82) is 0 Å². The number of nitrogens with one attached hydrogen (secondary N) is 1. The quantitative estimate of drug-likeness (QED) is 0.617. The molecule has 2 rings (SSSR count). The van der Waals surface area contributed by atoms with Crippen LogP contribution in [-0.4, -0.2) is 4.98 Å². The number of thiophene rings is 1. The lowest BCUT2D eigenvalue weighted by Crippen LogP contribution is -2.09. The lowest BCUT2D eigenvalue weighted by Gasteiger charge is -1.90. The van der Waals surface area contributed by atoms with E-state index in [1.807, 2.05) is 11.4 Å². The van der Waals surface area contributed by atoms with Crippen LogP contribution in [0.15, 0.2) is 22.3 Å². The Labute approximate surface area is 66.5 Å². The molecule has 0 aliphatic heterocycles. The third-order valence-electron chi connectivity index (χ3n) is 1.49. The topological polar surface area (TPSA) is 58.9 Å². The number of hydrogen-bond donors (Lipinski definition) is 2. The maximum atomic E-state index is 11.0. The van der Waals surface area contributed by atoms with Crippen LogP contribution in [-0.2, 0) is 0 Å². The summed E-state index contributed by atoms with van der Waals surface area (Å²) in [6, 6.07) is 3.56. The van der Waals surface area contributed by atoms with Crippen molar-refractivity contribution in [2.45, 2.75) is 0 Å². The lowest BCUT2D eigenvalue weighted by molar-refractivity contribution is 1.32. The van der Waals surface area contributed by atoms with E-state index in [0.717, 1.165) is 10.2 Å². The Morgan fingerprint density at radius 2 is 2.36 bits per heavy atom. The number of fused-ring (bicyclic) bond motifs is 1. The first-order chi connectivity index (χ1) is 5.27. The minimum absolute atomic E-state index is 0.212. The monoisotopic (exact) mass is 166 g/mol. The number of aromatic nitrogens is 1. The van der Waals surface area contributed by atoms with Gasteiger partial charge in [0.15, 0.2) is 0 Å². The smallest absolute Gasteiger partial charge is 0.271 e. The summed E-state index contributed by atoms with van der Waals surface area (Å²) < 4.78 is 1.02. The second kappa shape index (κ2) is 2.10. The Morgan fingerprint density at radius 3 is 3.18 bits per heavy atom. The molecule has 0 radical (unpaired) electrons. The maximum absolute atomic E-state index is 11.0. The highest BCUT2D eigenvalue weighted by molar-refractivity contribution is 7.17.